The molecule has 0 radical (unpaired) electrons. The molecule has 3 rings (SSSR count). The molecule has 0 saturated carbocycles. The molecule has 1 fully saturated rings. The standard InChI is InChI=1S/C5H3IN4.C3H6O2/c6-4-3-5(9-1-7-3)10-2-8-4;1-2-5-3-4-1/h1-2H,(H,7,8,9,10);1-3H2. The van der Waals surface area contributed by atoms with E-state index in [2.05, 4.69) is 42.5 Å². The Labute approximate surface area is 99.6 Å². The van der Waals surface area contributed by atoms with E-state index in [0.29, 0.717) is 6.79 Å². The number of halogens is 1. The molecule has 80 valence electrons. The van der Waals surface area contributed by atoms with Crippen LogP contribution in [0.5, 0.6) is 0 Å². The van der Waals surface area contributed by atoms with Crippen molar-refractivity contribution in [3.05, 3.63) is 16.4 Å². The van der Waals surface area contributed by atoms with Crippen LogP contribution in [0.3, 0.4) is 0 Å². The number of aromatic nitrogens is 4. The van der Waals surface area contributed by atoms with Gasteiger partial charge in [-0.25, -0.2) is 15.0 Å². The van der Waals surface area contributed by atoms with Gasteiger partial charge in [0.1, 0.15) is 22.3 Å². The number of aromatic amines is 1. The summed E-state index contributed by atoms with van der Waals surface area (Å²) in [4.78, 5) is 14.8. The van der Waals surface area contributed by atoms with Crippen LogP contribution in [0.4, 0.5) is 0 Å². The molecule has 7 heteroatoms. The van der Waals surface area contributed by atoms with Crippen molar-refractivity contribution >= 4 is 33.8 Å². The molecule has 15 heavy (non-hydrogen) atoms. The predicted octanol–water partition coefficient (Wildman–Crippen LogP) is 0.948. The third-order valence-corrected chi connectivity index (χ3v) is 2.53. The lowest BCUT2D eigenvalue weighted by Gasteiger charge is -1.87. The van der Waals surface area contributed by atoms with Crippen molar-refractivity contribution in [2.24, 2.45) is 0 Å². The van der Waals surface area contributed by atoms with Crippen molar-refractivity contribution in [2.75, 3.05) is 20.0 Å². The maximum atomic E-state index is 4.72. The summed E-state index contributed by atoms with van der Waals surface area (Å²) in [6.07, 6.45) is 3.12. The van der Waals surface area contributed by atoms with Crippen molar-refractivity contribution in [1.29, 1.82) is 0 Å². The van der Waals surface area contributed by atoms with E-state index in [4.69, 9.17) is 9.47 Å². The average Bonchev–Trinajstić information content (AvgIpc) is 2.93. The second-order valence-corrected chi connectivity index (χ2v) is 3.72. The highest BCUT2D eigenvalue weighted by molar-refractivity contribution is 14.1. The summed E-state index contributed by atoms with van der Waals surface area (Å²) in [7, 11) is 0. The van der Waals surface area contributed by atoms with E-state index in [1.165, 1.54) is 6.33 Å². The largest absolute Gasteiger partial charge is 0.353 e. The Morgan fingerprint density at radius 2 is 2.00 bits per heavy atom. The molecule has 6 nitrogen and oxygen atoms in total. The van der Waals surface area contributed by atoms with Gasteiger partial charge in [0.15, 0.2) is 5.65 Å². The lowest BCUT2D eigenvalue weighted by Crippen LogP contribution is -1.84. The van der Waals surface area contributed by atoms with E-state index in [-0.39, 0.29) is 0 Å². The van der Waals surface area contributed by atoms with Crippen molar-refractivity contribution in [3.8, 4) is 0 Å². The Balaban J connectivity index is 0.000000144. The molecule has 3 heterocycles. The number of H-pyrrole nitrogens is 1. The third kappa shape index (κ3) is 2.83. The molecule has 0 atom stereocenters. The summed E-state index contributed by atoms with van der Waals surface area (Å²) in [5.74, 6) is 0. The molecular formula is C8H9IN4O2. The summed E-state index contributed by atoms with van der Waals surface area (Å²) in [5.41, 5.74) is 1.63. The van der Waals surface area contributed by atoms with Crippen LogP contribution in [0.1, 0.15) is 0 Å². The van der Waals surface area contributed by atoms with Crippen LogP contribution in [0, 0.1) is 3.70 Å². The van der Waals surface area contributed by atoms with Gasteiger partial charge in [-0.3, -0.25) is 0 Å². The van der Waals surface area contributed by atoms with Crippen molar-refractivity contribution in [3.63, 3.8) is 0 Å². The van der Waals surface area contributed by atoms with Crippen LogP contribution in [-0.4, -0.2) is 39.9 Å². The van der Waals surface area contributed by atoms with Crippen LogP contribution in [0.25, 0.3) is 11.2 Å². The van der Waals surface area contributed by atoms with Gasteiger partial charge in [0, 0.05) is 0 Å². The van der Waals surface area contributed by atoms with E-state index in [9.17, 15) is 0 Å². The van der Waals surface area contributed by atoms with E-state index in [1.54, 1.807) is 6.33 Å². The number of nitrogens with one attached hydrogen (secondary N) is 1. The van der Waals surface area contributed by atoms with Gasteiger partial charge in [-0.05, 0) is 22.6 Å². The fraction of sp³-hybridized carbons (Fsp3) is 0.375. The molecule has 1 N–H and O–H groups in total. The van der Waals surface area contributed by atoms with Crippen molar-refractivity contribution in [2.45, 2.75) is 0 Å². The molecule has 0 aromatic carbocycles. The van der Waals surface area contributed by atoms with Gasteiger partial charge >= 0.3 is 0 Å². The van der Waals surface area contributed by atoms with Crippen LogP contribution >= 0.6 is 22.6 Å². The maximum absolute atomic E-state index is 4.72. The maximum Gasteiger partial charge on any atom is 0.181 e. The van der Waals surface area contributed by atoms with E-state index >= 15 is 0 Å². The van der Waals surface area contributed by atoms with Crippen molar-refractivity contribution in [1.82, 2.24) is 19.9 Å². The first-order valence-corrected chi connectivity index (χ1v) is 5.41. The quantitative estimate of drug-likeness (QED) is 0.578. The fourth-order valence-electron chi connectivity index (χ4n) is 1.03. The van der Waals surface area contributed by atoms with E-state index in [1.807, 2.05) is 0 Å². The molecule has 2 aromatic rings. The van der Waals surface area contributed by atoms with Crippen molar-refractivity contribution < 1.29 is 9.47 Å². The lowest BCUT2D eigenvalue weighted by molar-refractivity contribution is 0.0692. The Hall–Kier alpha value is -0.800. The first-order valence-electron chi connectivity index (χ1n) is 4.33. The molecule has 0 aliphatic carbocycles. The minimum Gasteiger partial charge on any atom is -0.353 e. The predicted molar refractivity (Wildman–Crippen MR) is 61.2 cm³/mol. The number of rotatable bonds is 0. The Morgan fingerprint density at radius 1 is 1.20 bits per heavy atom. The number of imidazole rings is 1. The molecule has 1 aliphatic heterocycles. The van der Waals surface area contributed by atoms with Crippen LogP contribution in [0.15, 0.2) is 12.7 Å². The van der Waals surface area contributed by atoms with Gasteiger partial charge in [-0.15, -0.1) is 0 Å². The highest BCUT2D eigenvalue weighted by Crippen LogP contribution is 2.10. The summed E-state index contributed by atoms with van der Waals surface area (Å²) in [5, 5.41) is 0. The van der Waals surface area contributed by atoms with E-state index < -0.39 is 0 Å². The summed E-state index contributed by atoms with van der Waals surface area (Å²) in [6.45, 7) is 2.06. The topological polar surface area (TPSA) is 72.9 Å². The number of hydrogen-bond donors (Lipinski definition) is 1. The molecule has 1 saturated heterocycles. The second-order valence-electron chi connectivity index (χ2n) is 2.70. The van der Waals surface area contributed by atoms with E-state index in [0.717, 1.165) is 28.1 Å². The average molecular weight is 320 g/mol. The Bertz CT molecular complexity index is 422. The zero-order chi connectivity index (χ0) is 10.5. The van der Waals surface area contributed by atoms with Crippen LogP contribution in [0.2, 0.25) is 0 Å². The zero-order valence-corrected chi connectivity index (χ0v) is 9.97. The number of hydrogen-bond acceptors (Lipinski definition) is 5. The zero-order valence-electron chi connectivity index (χ0n) is 7.81. The fourth-order valence-corrected chi connectivity index (χ4v) is 1.55. The monoisotopic (exact) mass is 320 g/mol. The Morgan fingerprint density at radius 3 is 2.60 bits per heavy atom. The first-order chi connectivity index (χ1) is 7.38. The van der Waals surface area contributed by atoms with Gasteiger partial charge in [-0.1, -0.05) is 0 Å². The molecule has 0 bridgehead atoms. The molecule has 0 spiro atoms. The van der Waals surface area contributed by atoms with Gasteiger partial charge in [0.2, 0.25) is 0 Å². The van der Waals surface area contributed by atoms with Gasteiger partial charge < -0.3 is 14.5 Å². The summed E-state index contributed by atoms with van der Waals surface area (Å²) in [6, 6.07) is 0. The molecule has 0 amide bonds. The normalized spacial score (nSPS) is 15.0. The number of ether oxygens (including phenoxy) is 2. The number of nitrogens with zero attached hydrogens (tertiary/aromatic N) is 3. The molecule has 0 unspecified atom stereocenters. The SMILES string of the molecule is C1COCO1.Ic1ncnc2nc[nH]c12. The highest BCUT2D eigenvalue weighted by Gasteiger charge is 1.99. The van der Waals surface area contributed by atoms with Gasteiger partial charge in [0.25, 0.3) is 0 Å². The lowest BCUT2D eigenvalue weighted by atomic mass is 10.6. The summed E-state index contributed by atoms with van der Waals surface area (Å²) < 4.78 is 10.3. The van der Waals surface area contributed by atoms with Crippen LogP contribution in [-0.2, 0) is 9.47 Å². The highest BCUT2D eigenvalue weighted by atomic mass is 127. The second kappa shape index (κ2) is 5.33. The Kier molecular flexibility index (Phi) is 3.80. The van der Waals surface area contributed by atoms with Gasteiger partial charge in [-0.2, -0.15) is 0 Å². The smallest absolute Gasteiger partial charge is 0.181 e. The minimum absolute atomic E-state index is 0.500. The molecular weight excluding hydrogens is 311 g/mol. The third-order valence-electron chi connectivity index (χ3n) is 1.72. The summed E-state index contributed by atoms with van der Waals surface area (Å²) >= 11 is 2.13. The van der Waals surface area contributed by atoms with Crippen LogP contribution < -0.4 is 0 Å². The molecule has 1 aliphatic rings. The number of fused-ring (bicyclic) bond motifs is 1. The van der Waals surface area contributed by atoms with Gasteiger partial charge in [0.05, 0.1) is 19.5 Å². The molecule has 2 aromatic heterocycles. The first kappa shape index (κ1) is 10.7. The minimum atomic E-state index is 0.500.